The van der Waals surface area contributed by atoms with Gasteiger partial charge in [0.25, 0.3) is 0 Å². The van der Waals surface area contributed by atoms with E-state index in [-0.39, 0.29) is 36.6 Å². The Morgan fingerprint density at radius 3 is 2.41 bits per heavy atom. The molecule has 0 radical (unpaired) electrons. The van der Waals surface area contributed by atoms with Gasteiger partial charge in [-0.05, 0) is 54.2 Å². The number of hydrogen-bond donors (Lipinski definition) is 5. The van der Waals surface area contributed by atoms with E-state index in [1.54, 1.807) is 6.92 Å². The van der Waals surface area contributed by atoms with E-state index in [1.165, 1.54) is 0 Å². The number of nitrogens with zero attached hydrogens (tertiary/aromatic N) is 1. The lowest BCUT2D eigenvalue weighted by molar-refractivity contribution is 0.0490. The lowest BCUT2D eigenvalue weighted by atomic mass is 9.96. The summed E-state index contributed by atoms with van der Waals surface area (Å²) >= 11 is 0. The molecule has 2 aromatic carbocycles. The van der Waals surface area contributed by atoms with Gasteiger partial charge in [0.2, 0.25) is 0 Å². The molecule has 0 saturated carbocycles. The zero-order chi connectivity index (χ0) is 25.0. The highest BCUT2D eigenvalue weighted by atomic mass is 32.3. The van der Waals surface area contributed by atoms with Crippen molar-refractivity contribution < 1.29 is 32.9 Å². The van der Waals surface area contributed by atoms with Gasteiger partial charge >= 0.3 is 6.09 Å². The molecule has 1 amide bonds. The Labute approximate surface area is 199 Å². The zero-order valence-corrected chi connectivity index (χ0v) is 20.1. The fourth-order valence-corrected chi connectivity index (χ4v) is 6.20. The van der Waals surface area contributed by atoms with E-state index in [4.69, 9.17) is 0 Å². The molecule has 0 fully saturated rings. The van der Waals surface area contributed by atoms with E-state index in [0.717, 1.165) is 46.2 Å². The van der Waals surface area contributed by atoms with Crippen molar-refractivity contribution in [3.63, 3.8) is 0 Å². The predicted molar refractivity (Wildman–Crippen MR) is 128 cm³/mol. The highest BCUT2D eigenvalue weighted by Gasteiger charge is 2.33. The van der Waals surface area contributed by atoms with Gasteiger partial charge < -0.3 is 20.4 Å². The Hall–Kier alpha value is -2.24. The summed E-state index contributed by atoms with van der Waals surface area (Å²) in [5.74, 6) is -1.31. The second-order valence-electron chi connectivity index (χ2n) is 8.65. The second-order valence-corrected chi connectivity index (χ2v) is 10.9. The van der Waals surface area contributed by atoms with Gasteiger partial charge in [-0.3, -0.25) is 9.11 Å². The highest BCUT2D eigenvalue weighted by Crippen LogP contribution is 2.50. The van der Waals surface area contributed by atoms with Gasteiger partial charge in [-0.15, -0.1) is 0 Å². The van der Waals surface area contributed by atoms with Crippen molar-refractivity contribution in [1.82, 2.24) is 10.2 Å². The number of aryl methyl sites for hydroxylation is 1. The van der Waals surface area contributed by atoms with E-state index in [0.29, 0.717) is 0 Å². The zero-order valence-electron chi connectivity index (χ0n) is 19.2. The average molecular weight is 499 g/mol. The third-order valence-corrected chi connectivity index (χ3v) is 7.83. The lowest BCUT2D eigenvalue weighted by Gasteiger charge is -2.42. The van der Waals surface area contributed by atoms with Crippen LogP contribution in [0.15, 0.2) is 36.4 Å². The number of carboxylic acid groups (broad SMARTS) is 1. The summed E-state index contributed by atoms with van der Waals surface area (Å²) < 4.78 is 48.2. The second kappa shape index (κ2) is 11.0. The summed E-state index contributed by atoms with van der Waals surface area (Å²) in [5, 5.41) is 23.8. The molecule has 1 aliphatic heterocycles. The van der Waals surface area contributed by atoms with Crippen LogP contribution in [0.4, 0.5) is 13.6 Å². The van der Waals surface area contributed by atoms with Crippen LogP contribution in [0.5, 0.6) is 0 Å². The van der Waals surface area contributed by atoms with Gasteiger partial charge in [0.15, 0.2) is 0 Å². The average Bonchev–Trinajstić information content (AvgIpc) is 2.75. The molecule has 0 aliphatic carbocycles. The van der Waals surface area contributed by atoms with E-state index in [9.17, 15) is 32.9 Å². The summed E-state index contributed by atoms with van der Waals surface area (Å²) in [4.78, 5) is 12.8. The number of benzene rings is 2. The molecule has 1 heterocycles. The molecule has 2 aromatic rings. The molecule has 34 heavy (non-hydrogen) atoms. The first kappa shape index (κ1) is 26.4. The van der Waals surface area contributed by atoms with Crippen LogP contribution < -0.4 is 5.32 Å². The Balaban J connectivity index is 1.82. The maximum absolute atomic E-state index is 13.7. The van der Waals surface area contributed by atoms with E-state index < -0.39 is 46.5 Å². The van der Waals surface area contributed by atoms with Crippen molar-refractivity contribution in [3.05, 3.63) is 70.3 Å². The first-order valence-corrected chi connectivity index (χ1v) is 13.1. The first-order chi connectivity index (χ1) is 16.0. The number of hydrogen-bond acceptors (Lipinski definition) is 5. The van der Waals surface area contributed by atoms with Gasteiger partial charge in [0, 0.05) is 19.2 Å². The monoisotopic (exact) mass is 498 g/mol. The molecule has 3 atom stereocenters. The van der Waals surface area contributed by atoms with Crippen LogP contribution in [-0.4, -0.2) is 61.3 Å². The van der Waals surface area contributed by atoms with Crippen LogP contribution in [0.25, 0.3) is 0 Å². The molecule has 5 N–H and O–H groups in total. The minimum Gasteiger partial charge on any atom is -0.465 e. The molecule has 3 rings (SSSR count). The largest absolute Gasteiger partial charge is 0.465 e. The molecule has 1 aliphatic rings. The number of likely N-dealkylation sites (N-methyl/N-ethyl adjacent to an activating group) is 1. The normalized spacial score (nSPS) is 19.7. The molecular weight excluding hydrogens is 466 g/mol. The van der Waals surface area contributed by atoms with Crippen LogP contribution in [0.2, 0.25) is 0 Å². The van der Waals surface area contributed by atoms with Gasteiger partial charge in [-0.25, -0.2) is 13.6 Å². The minimum atomic E-state index is -2.86. The molecule has 7 nitrogen and oxygen atoms in total. The minimum absolute atomic E-state index is 0.0533. The molecule has 10 heteroatoms. The van der Waals surface area contributed by atoms with E-state index >= 15 is 0 Å². The van der Waals surface area contributed by atoms with Crippen molar-refractivity contribution in [2.75, 3.05) is 18.8 Å². The quantitative estimate of drug-likeness (QED) is 0.350. The molecule has 0 bridgehead atoms. The number of aliphatic hydroxyl groups excluding tert-OH is 1. The Bertz CT molecular complexity index is 1000. The van der Waals surface area contributed by atoms with Crippen LogP contribution in [-0.2, 0) is 18.6 Å². The third-order valence-electron chi connectivity index (χ3n) is 6.19. The molecule has 0 spiro atoms. The molecule has 0 unspecified atom stereocenters. The summed E-state index contributed by atoms with van der Waals surface area (Å²) in [6, 6.07) is 7.40. The van der Waals surface area contributed by atoms with Crippen molar-refractivity contribution in [2.45, 2.75) is 50.6 Å². The van der Waals surface area contributed by atoms with Crippen LogP contribution >= 0.6 is 10.6 Å². The summed E-state index contributed by atoms with van der Waals surface area (Å²) in [5.41, 5.74) is 3.07. The maximum atomic E-state index is 13.7. The topological polar surface area (TPSA) is 113 Å². The number of rotatable bonds is 9. The number of fused-ring (bicyclic) bond motifs is 1. The maximum Gasteiger partial charge on any atom is 0.407 e. The summed E-state index contributed by atoms with van der Waals surface area (Å²) in [6.45, 7) is 3.66. The Kier molecular flexibility index (Phi) is 8.53. The number of amides is 1. The standard InChI is InChI=1S/C24H32F2N2O5S/c1-3-15-5-6-17-13-34(32,33)14-21(20(17)9-15)27-12-23(29)22(28(4-2)24(30)31)10-16-7-18(25)11-19(26)8-16/h5-9,11,21-23,27,29,32-33H,3-4,10,12-14H2,1-2H3,(H,30,31)/t21-,22-,23+/m0/s1. The van der Waals surface area contributed by atoms with Crippen LogP contribution in [0, 0.1) is 11.6 Å². The Morgan fingerprint density at radius 2 is 1.82 bits per heavy atom. The molecule has 0 saturated heterocycles. The summed E-state index contributed by atoms with van der Waals surface area (Å²) in [7, 11) is -2.86. The SMILES string of the molecule is CCc1ccc2c(c1)[C@@H](NC[C@@H](O)[C@H](Cc1cc(F)cc(F)c1)N(CC)C(=O)O)CS(O)(O)C2. The van der Waals surface area contributed by atoms with Crippen molar-refractivity contribution in [3.8, 4) is 0 Å². The first-order valence-electron chi connectivity index (χ1n) is 11.2. The number of aliphatic hydroxyl groups is 1. The van der Waals surface area contributed by atoms with E-state index in [1.807, 2.05) is 25.1 Å². The molecule has 0 aromatic heterocycles. The van der Waals surface area contributed by atoms with Crippen molar-refractivity contribution in [2.24, 2.45) is 0 Å². The molecular formula is C24H32F2N2O5S. The van der Waals surface area contributed by atoms with Crippen LogP contribution in [0.3, 0.4) is 0 Å². The number of nitrogens with one attached hydrogen (secondary N) is 1. The fourth-order valence-electron chi connectivity index (χ4n) is 4.49. The van der Waals surface area contributed by atoms with Gasteiger partial charge in [0.05, 0.1) is 29.7 Å². The van der Waals surface area contributed by atoms with Crippen molar-refractivity contribution >= 4 is 16.7 Å². The van der Waals surface area contributed by atoms with Gasteiger partial charge in [0.1, 0.15) is 11.6 Å². The third kappa shape index (κ3) is 6.45. The lowest BCUT2D eigenvalue weighted by Crippen LogP contribution is -2.51. The van der Waals surface area contributed by atoms with Crippen molar-refractivity contribution in [1.29, 1.82) is 0 Å². The number of halogens is 2. The Morgan fingerprint density at radius 1 is 1.15 bits per heavy atom. The van der Waals surface area contributed by atoms with Crippen LogP contribution in [0.1, 0.15) is 42.1 Å². The number of carbonyl (C=O) groups is 1. The molecule has 188 valence electrons. The highest BCUT2D eigenvalue weighted by molar-refractivity contribution is 8.23. The van der Waals surface area contributed by atoms with Gasteiger partial charge in [-0.1, -0.05) is 25.1 Å². The predicted octanol–water partition coefficient (Wildman–Crippen LogP) is 4.39. The summed E-state index contributed by atoms with van der Waals surface area (Å²) in [6.07, 6.45) is -1.75. The van der Waals surface area contributed by atoms with E-state index in [2.05, 4.69) is 5.32 Å². The smallest absolute Gasteiger partial charge is 0.407 e. The fraction of sp³-hybridized carbons (Fsp3) is 0.458. The van der Waals surface area contributed by atoms with Gasteiger partial charge in [-0.2, -0.15) is 10.6 Å².